The molecule has 0 aliphatic carbocycles. The number of esters is 1. The van der Waals surface area contributed by atoms with Gasteiger partial charge in [-0.25, -0.2) is 0 Å². The summed E-state index contributed by atoms with van der Waals surface area (Å²) in [7, 11) is 0. The highest BCUT2D eigenvalue weighted by Gasteiger charge is 2.42. The highest BCUT2D eigenvalue weighted by molar-refractivity contribution is 6.30. The molecule has 1 saturated heterocycles. The van der Waals surface area contributed by atoms with Crippen LogP contribution in [0.15, 0.2) is 101 Å². The zero-order valence-corrected chi connectivity index (χ0v) is 28.9. The Balaban J connectivity index is 1.43. The van der Waals surface area contributed by atoms with Crippen LogP contribution in [-0.4, -0.2) is 68.5 Å². The summed E-state index contributed by atoms with van der Waals surface area (Å²) in [4.78, 5) is 35.3. The van der Waals surface area contributed by atoms with E-state index in [4.69, 9.17) is 31.3 Å². The first-order valence-corrected chi connectivity index (χ1v) is 17.6. The Labute approximate surface area is 294 Å². The lowest BCUT2D eigenvalue weighted by molar-refractivity contribution is -0.146. The second-order valence-electron chi connectivity index (χ2n) is 12.6. The summed E-state index contributed by atoms with van der Waals surface area (Å²) < 4.78 is 11.7. The summed E-state index contributed by atoms with van der Waals surface area (Å²) in [5, 5.41) is 12.7. The molecule has 1 amide bonds. The van der Waals surface area contributed by atoms with Crippen molar-refractivity contribution in [3.8, 4) is 6.07 Å². The van der Waals surface area contributed by atoms with Crippen LogP contribution in [0.1, 0.15) is 67.6 Å². The smallest absolute Gasteiger partial charge is 0.315 e. The lowest BCUT2D eigenvalue weighted by atomic mass is 9.75. The van der Waals surface area contributed by atoms with Crippen LogP contribution in [0.5, 0.6) is 0 Å². The number of likely N-dealkylation sites (tertiary alicyclic amines) is 1. The molecule has 1 N–H and O–H groups in total. The number of piperidine rings is 1. The number of nitrogens with zero attached hydrogens (tertiary/aromatic N) is 3. The third kappa shape index (κ3) is 9.88. The van der Waals surface area contributed by atoms with Crippen molar-refractivity contribution < 1.29 is 19.1 Å². The van der Waals surface area contributed by atoms with Gasteiger partial charge in [0.25, 0.3) is 0 Å². The maximum Gasteiger partial charge on any atom is 0.315 e. The maximum absolute atomic E-state index is 14.4. The first-order chi connectivity index (χ1) is 24.0. The zero-order valence-electron chi connectivity index (χ0n) is 28.2. The van der Waals surface area contributed by atoms with E-state index in [0.29, 0.717) is 47.1 Å². The molecule has 0 saturated carbocycles. The van der Waals surface area contributed by atoms with Gasteiger partial charge in [0.2, 0.25) is 5.91 Å². The average molecular weight is 681 g/mol. The number of carbonyl (C=O) groups is 2. The number of rotatable bonds is 15. The molecule has 0 bridgehead atoms. The second kappa shape index (κ2) is 18.5. The fourth-order valence-corrected chi connectivity index (χ4v) is 7.03. The molecular weight excluding hydrogens is 636 g/mol. The van der Waals surface area contributed by atoms with Crippen molar-refractivity contribution in [2.24, 2.45) is 10.9 Å². The number of aliphatic imine (C=N–C) groups is 1. The number of amides is 1. The lowest BCUT2D eigenvalue weighted by Gasteiger charge is -2.33. The van der Waals surface area contributed by atoms with Gasteiger partial charge in [0.1, 0.15) is 12.5 Å². The van der Waals surface area contributed by atoms with Crippen LogP contribution in [0.4, 0.5) is 0 Å². The minimum absolute atomic E-state index is 0.0422. The van der Waals surface area contributed by atoms with Crippen LogP contribution in [-0.2, 0) is 19.1 Å². The highest BCUT2D eigenvalue weighted by atomic mass is 35.5. The van der Waals surface area contributed by atoms with E-state index in [0.717, 1.165) is 19.6 Å². The van der Waals surface area contributed by atoms with Gasteiger partial charge in [-0.2, -0.15) is 5.26 Å². The third-order valence-electron chi connectivity index (χ3n) is 9.24. The molecule has 3 aromatic rings. The molecule has 0 aromatic heterocycles. The van der Waals surface area contributed by atoms with Gasteiger partial charge in [0, 0.05) is 41.2 Å². The third-order valence-corrected chi connectivity index (χ3v) is 9.48. The Kier molecular flexibility index (Phi) is 13.6. The quantitative estimate of drug-likeness (QED) is 0.136. The molecule has 9 heteroatoms. The van der Waals surface area contributed by atoms with Gasteiger partial charge in [0.15, 0.2) is 0 Å². The summed E-state index contributed by atoms with van der Waals surface area (Å²) in [5.41, 5.74) is 4.41. The van der Waals surface area contributed by atoms with Gasteiger partial charge in [-0.1, -0.05) is 90.8 Å². The van der Waals surface area contributed by atoms with E-state index >= 15 is 0 Å². The molecule has 0 radical (unpaired) electrons. The van der Waals surface area contributed by atoms with Crippen LogP contribution < -0.4 is 5.32 Å². The molecule has 5 rings (SSSR count). The monoisotopic (exact) mass is 680 g/mol. The molecule has 256 valence electrons. The van der Waals surface area contributed by atoms with Crippen molar-refractivity contribution in [3.05, 3.63) is 118 Å². The molecular formula is C40H45ClN4O4. The number of halogens is 1. The average Bonchev–Trinajstić information content (AvgIpc) is 3.12. The van der Waals surface area contributed by atoms with E-state index in [1.54, 1.807) is 19.1 Å². The van der Waals surface area contributed by atoms with Crippen molar-refractivity contribution in [2.45, 2.75) is 50.9 Å². The second-order valence-corrected chi connectivity index (χ2v) is 13.0. The van der Waals surface area contributed by atoms with Gasteiger partial charge in [0.05, 0.1) is 31.4 Å². The summed E-state index contributed by atoms with van der Waals surface area (Å²) in [6.45, 7) is 5.69. The normalized spacial score (nSPS) is 18.1. The standard InChI is InChI=1S/C40H45ClN4O4/c1-29-36(40(47)49-25-12-20-42)37(32-17-11-18-33(41)27-32)38(35(44-29)28-48-26-24-45-22-9-4-10-23-45)39(46)43-21-19-34(30-13-5-2-6-14-30)31-15-7-3-8-16-31/h2-3,5-8,11,13-18,27,34,36-37H,4,9-10,12,19,21-26,28H2,1H3,(H,43,46). The van der Waals surface area contributed by atoms with Crippen molar-refractivity contribution in [2.75, 3.05) is 46.0 Å². The Morgan fingerprint density at radius 1 is 0.980 bits per heavy atom. The summed E-state index contributed by atoms with van der Waals surface area (Å²) in [6.07, 6.45) is 4.39. The fourth-order valence-electron chi connectivity index (χ4n) is 6.83. The number of nitriles is 1. The van der Waals surface area contributed by atoms with Gasteiger partial charge in [-0.3, -0.25) is 14.6 Å². The summed E-state index contributed by atoms with van der Waals surface area (Å²) >= 11 is 6.48. The molecule has 1 fully saturated rings. The van der Waals surface area contributed by atoms with E-state index in [1.165, 1.54) is 30.4 Å². The van der Waals surface area contributed by atoms with E-state index in [1.807, 2.05) is 54.6 Å². The van der Waals surface area contributed by atoms with Crippen LogP contribution in [0.25, 0.3) is 0 Å². The van der Waals surface area contributed by atoms with E-state index in [2.05, 4.69) is 34.5 Å². The Hall–Kier alpha value is -4.29. The number of benzene rings is 3. The number of ether oxygens (including phenoxy) is 2. The topological polar surface area (TPSA) is 104 Å². The number of nitrogens with one attached hydrogen (secondary N) is 1. The zero-order chi connectivity index (χ0) is 34.4. The van der Waals surface area contributed by atoms with Crippen molar-refractivity contribution >= 4 is 29.2 Å². The largest absolute Gasteiger partial charge is 0.464 e. The first-order valence-electron chi connectivity index (χ1n) is 17.2. The van der Waals surface area contributed by atoms with Gasteiger partial charge < -0.3 is 19.7 Å². The molecule has 49 heavy (non-hydrogen) atoms. The molecule has 2 heterocycles. The Morgan fingerprint density at radius 2 is 1.67 bits per heavy atom. The summed E-state index contributed by atoms with van der Waals surface area (Å²) in [5.74, 6) is -2.37. The molecule has 2 aliphatic rings. The number of hydrogen-bond acceptors (Lipinski definition) is 7. The predicted molar refractivity (Wildman–Crippen MR) is 192 cm³/mol. The van der Waals surface area contributed by atoms with Crippen LogP contribution >= 0.6 is 11.6 Å². The molecule has 2 atom stereocenters. The molecule has 2 aliphatic heterocycles. The minimum atomic E-state index is -0.878. The van der Waals surface area contributed by atoms with Crippen LogP contribution in [0.2, 0.25) is 5.02 Å². The van der Waals surface area contributed by atoms with E-state index in [9.17, 15) is 9.59 Å². The Bertz CT molecular complexity index is 1610. The van der Waals surface area contributed by atoms with Gasteiger partial charge >= 0.3 is 5.97 Å². The first kappa shape index (κ1) is 36.0. The number of hydrogen-bond donors (Lipinski definition) is 1. The fraction of sp³-hybridized carbons (Fsp3) is 0.400. The van der Waals surface area contributed by atoms with Crippen LogP contribution in [0.3, 0.4) is 0 Å². The van der Waals surface area contributed by atoms with Gasteiger partial charge in [-0.15, -0.1) is 0 Å². The molecule has 0 spiro atoms. The van der Waals surface area contributed by atoms with E-state index < -0.39 is 17.8 Å². The van der Waals surface area contributed by atoms with Crippen molar-refractivity contribution in [1.82, 2.24) is 10.2 Å². The van der Waals surface area contributed by atoms with Crippen molar-refractivity contribution in [1.29, 1.82) is 5.26 Å². The molecule has 2 unspecified atom stereocenters. The summed E-state index contributed by atoms with van der Waals surface area (Å²) in [6, 6.07) is 29.8. The van der Waals surface area contributed by atoms with Crippen LogP contribution in [0, 0.1) is 17.2 Å². The molecule has 8 nitrogen and oxygen atoms in total. The maximum atomic E-state index is 14.4. The lowest BCUT2D eigenvalue weighted by Crippen LogP contribution is -2.40. The van der Waals surface area contributed by atoms with Gasteiger partial charge in [-0.05, 0) is 68.1 Å². The van der Waals surface area contributed by atoms with Crippen molar-refractivity contribution in [3.63, 3.8) is 0 Å². The number of carbonyl (C=O) groups excluding carboxylic acids is 2. The molecule has 3 aromatic carbocycles. The van der Waals surface area contributed by atoms with E-state index in [-0.39, 0.29) is 31.5 Å². The SMILES string of the molecule is CC1=NC(COCCN2CCCCC2)=C(C(=O)NCCC(c2ccccc2)c2ccccc2)C(c2cccc(Cl)c2)C1C(=O)OCCC#N. The predicted octanol–water partition coefficient (Wildman–Crippen LogP) is 7.07. The highest BCUT2D eigenvalue weighted by Crippen LogP contribution is 2.41. The minimum Gasteiger partial charge on any atom is -0.464 e. The Morgan fingerprint density at radius 3 is 2.33 bits per heavy atom.